The van der Waals surface area contributed by atoms with E-state index in [-0.39, 0.29) is 5.91 Å². The summed E-state index contributed by atoms with van der Waals surface area (Å²) in [5.41, 5.74) is 2.62. The van der Waals surface area contributed by atoms with Gasteiger partial charge in [0.25, 0.3) is 5.91 Å². The number of fused-ring (bicyclic) bond motifs is 1. The van der Waals surface area contributed by atoms with Crippen LogP contribution in [0.25, 0.3) is 11.0 Å². The Morgan fingerprint density at radius 3 is 2.63 bits per heavy atom. The van der Waals surface area contributed by atoms with Crippen LogP contribution in [0.1, 0.15) is 16.1 Å². The summed E-state index contributed by atoms with van der Waals surface area (Å²) in [6, 6.07) is 16.9. The van der Waals surface area contributed by atoms with Crippen LogP contribution < -0.4 is 5.32 Å². The first-order valence-electron chi connectivity index (χ1n) is 6.09. The van der Waals surface area contributed by atoms with Gasteiger partial charge in [0, 0.05) is 11.1 Å². The number of rotatable bonds is 2. The molecule has 3 aromatic rings. The zero-order chi connectivity index (χ0) is 13.2. The predicted octanol–water partition coefficient (Wildman–Crippen LogP) is 3.99. The number of anilines is 1. The van der Waals surface area contributed by atoms with Gasteiger partial charge in [-0.05, 0) is 37.3 Å². The van der Waals surface area contributed by atoms with Crippen molar-refractivity contribution in [1.29, 1.82) is 0 Å². The van der Waals surface area contributed by atoms with Gasteiger partial charge >= 0.3 is 0 Å². The van der Waals surface area contributed by atoms with Crippen LogP contribution in [0.5, 0.6) is 0 Å². The van der Waals surface area contributed by atoms with E-state index in [1.807, 2.05) is 55.5 Å². The van der Waals surface area contributed by atoms with Crippen molar-refractivity contribution < 1.29 is 9.21 Å². The number of hydrogen-bond acceptors (Lipinski definition) is 2. The molecule has 0 aliphatic rings. The molecule has 0 saturated heterocycles. The largest absolute Gasteiger partial charge is 0.451 e. The normalized spacial score (nSPS) is 10.6. The third-order valence-corrected chi connectivity index (χ3v) is 2.93. The molecule has 0 saturated carbocycles. The Kier molecular flexibility index (Phi) is 2.80. The fourth-order valence-electron chi connectivity index (χ4n) is 1.99. The highest BCUT2D eigenvalue weighted by Crippen LogP contribution is 2.21. The summed E-state index contributed by atoms with van der Waals surface area (Å²) >= 11 is 0. The van der Waals surface area contributed by atoms with Crippen molar-refractivity contribution in [3.05, 3.63) is 65.9 Å². The first kappa shape index (κ1) is 11.5. The Hall–Kier alpha value is -2.55. The quantitative estimate of drug-likeness (QED) is 0.748. The molecule has 1 aromatic heterocycles. The SMILES string of the molecule is Cc1ccc2oc(C(=O)Nc3ccccc3)cc2c1. The number of amides is 1. The van der Waals surface area contributed by atoms with Crippen LogP contribution in [0.2, 0.25) is 0 Å². The monoisotopic (exact) mass is 251 g/mol. The van der Waals surface area contributed by atoms with Crippen molar-refractivity contribution in [3.63, 3.8) is 0 Å². The van der Waals surface area contributed by atoms with Gasteiger partial charge in [0.1, 0.15) is 5.58 Å². The molecule has 1 heterocycles. The van der Waals surface area contributed by atoms with Crippen LogP contribution >= 0.6 is 0 Å². The molecule has 0 atom stereocenters. The second kappa shape index (κ2) is 4.61. The standard InChI is InChI=1S/C16H13NO2/c1-11-7-8-14-12(9-11)10-15(19-14)16(18)17-13-5-3-2-4-6-13/h2-10H,1H3,(H,17,18). The van der Waals surface area contributed by atoms with E-state index in [2.05, 4.69) is 5.32 Å². The average molecular weight is 251 g/mol. The number of benzene rings is 2. The fourth-order valence-corrected chi connectivity index (χ4v) is 1.99. The maximum Gasteiger partial charge on any atom is 0.291 e. The number of para-hydroxylation sites is 1. The van der Waals surface area contributed by atoms with Gasteiger partial charge < -0.3 is 9.73 Å². The molecule has 2 aromatic carbocycles. The number of carbonyl (C=O) groups excluding carboxylic acids is 1. The highest BCUT2D eigenvalue weighted by atomic mass is 16.3. The van der Waals surface area contributed by atoms with Crippen molar-refractivity contribution in [2.75, 3.05) is 5.32 Å². The van der Waals surface area contributed by atoms with Crippen molar-refractivity contribution in [2.45, 2.75) is 6.92 Å². The Labute approximate surface area is 110 Å². The predicted molar refractivity (Wildman–Crippen MR) is 75.3 cm³/mol. The van der Waals surface area contributed by atoms with Gasteiger partial charge in [-0.2, -0.15) is 0 Å². The maximum atomic E-state index is 12.1. The van der Waals surface area contributed by atoms with E-state index in [4.69, 9.17) is 4.42 Å². The lowest BCUT2D eigenvalue weighted by Gasteiger charge is -2.01. The molecule has 0 unspecified atom stereocenters. The molecule has 1 N–H and O–H groups in total. The summed E-state index contributed by atoms with van der Waals surface area (Å²) in [5, 5.41) is 3.74. The minimum absolute atomic E-state index is 0.236. The van der Waals surface area contributed by atoms with E-state index < -0.39 is 0 Å². The Bertz CT molecular complexity index is 729. The fraction of sp³-hybridized carbons (Fsp3) is 0.0625. The van der Waals surface area contributed by atoms with Gasteiger partial charge in [0.15, 0.2) is 5.76 Å². The van der Waals surface area contributed by atoms with Crippen molar-refractivity contribution >= 4 is 22.6 Å². The summed E-state index contributed by atoms with van der Waals surface area (Å²) in [6.07, 6.45) is 0. The highest BCUT2D eigenvalue weighted by molar-refractivity contribution is 6.04. The third-order valence-electron chi connectivity index (χ3n) is 2.93. The van der Waals surface area contributed by atoms with Crippen LogP contribution in [-0.2, 0) is 0 Å². The number of carbonyl (C=O) groups is 1. The number of aryl methyl sites for hydroxylation is 1. The lowest BCUT2D eigenvalue weighted by molar-refractivity contribution is 0.0998. The van der Waals surface area contributed by atoms with Crippen LogP contribution in [0, 0.1) is 6.92 Å². The Balaban J connectivity index is 1.89. The van der Waals surface area contributed by atoms with Gasteiger partial charge in [-0.15, -0.1) is 0 Å². The van der Waals surface area contributed by atoms with Crippen LogP contribution in [0.15, 0.2) is 59.0 Å². The van der Waals surface area contributed by atoms with Gasteiger partial charge in [-0.25, -0.2) is 0 Å². The Morgan fingerprint density at radius 2 is 1.84 bits per heavy atom. The minimum Gasteiger partial charge on any atom is -0.451 e. The molecular formula is C16H13NO2. The topological polar surface area (TPSA) is 42.2 Å². The molecule has 94 valence electrons. The third kappa shape index (κ3) is 2.36. The van der Waals surface area contributed by atoms with Gasteiger partial charge in [0.2, 0.25) is 0 Å². The average Bonchev–Trinajstić information content (AvgIpc) is 2.83. The zero-order valence-corrected chi connectivity index (χ0v) is 10.5. The molecule has 0 spiro atoms. The van der Waals surface area contributed by atoms with E-state index in [1.54, 1.807) is 6.07 Å². The summed E-state index contributed by atoms with van der Waals surface area (Å²) < 4.78 is 5.54. The second-order valence-corrected chi connectivity index (χ2v) is 4.47. The van der Waals surface area contributed by atoms with E-state index in [0.29, 0.717) is 5.76 Å². The van der Waals surface area contributed by atoms with Gasteiger partial charge in [-0.1, -0.05) is 29.8 Å². The molecule has 3 heteroatoms. The van der Waals surface area contributed by atoms with Crippen LogP contribution in [-0.4, -0.2) is 5.91 Å². The molecular weight excluding hydrogens is 238 g/mol. The lowest BCUT2D eigenvalue weighted by Crippen LogP contribution is -2.10. The molecule has 0 aliphatic carbocycles. The second-order valence-electron chi connectivity index (χ2n) is 4.47. The summed E-state index contributed by atoms with van der Waals surface area (Å²) in [7, 11) is 0. The summed E-state index contributed by atoms with van der Waals surface area (Å²) in [4.78, 5) is 12.1. The van der Waals surface area contributed by atoms with E-state index in [9.17, 15) is 4.79 Å². The smallest absolute Gasteiger partial charge is 0.291 e. The molecule has 0 radical (unpaired) electrons. The minimum atomic E-state index is -0.236. The first-order chi connectivity index (χ1) is 9.22. The van der Waals surface area contributed by atoms with Crippen molar-refractivity contribution in [1.82, 2.24) is 0 Å². The summed E-state index contributed by atoms with van der Waals surface area (Å²) in [6.45, 7) is 2.01. The first-order valence-corrected chi connectivity index (χ1v) is 6.09. The van der Waals surface area contributed by atoms with E-state index in [0.717, 1.165) is 22.2 Å². The molecule has 19 heavy (non-hydrogen) atoms. The molecule has 1 amide bonds. The molecule has 0 fully saturated rings. The van der Waals surface area contributed by atoms with Gasteiger partial charge in [0.05, 0.1) is 0 Å². The van der Waals surface area contributed by atoms with E-state index in [1.165, 1.54) is 0 Å². The molecule has 3 nitrogen and oxygen atoms in total. The van der Waals surface area contributed by atoms with Crippen LogP contribution in [0.4, 0.5) is 5.69 Å². The van der Waals surface area contributed by atoms with Crippen LogP contribution in [0.3, 0.4) is 0 Å². The highest BCUT2D eigenvalue weighted by Gasteiger charge is 2.12. The Morgan fingerprint density at radius 1 is 1.05 bits per heavy atom. The molecule has 0 bridgehead atoms. The number of furan rings is 1. The molecule has 0 aliphatic heterocycles. The number of nitrogens with one attached hydrogen (secondary N) is 1. The maximum absolute atomic E-state index is 12.1. The molecule has 3 rings (SSSR count). The number of hydrogen-bond donors (Lipinski definition) is 1. The summed E-state index contributed by atoms with van der Waals surface area (Å²) in [5.74, 6) is 0.0875. The van der Waals surface area contributed by atoms with Gasteiger partial charge in [-0.3, -0.25) is 4.79 Å². The zero-order valence-electron chi connectivity index (χ0n) is 10.5. The van der Waals surface area contributed by atoms with Crippen molar-refractivity contribution in [3.8, 4) is 0 Å². The lowest BCUT2D eigenvalue weighted by atomic mass is 10.2. The van der Waals surface area contributed by atoms with E-state index >= 15 is 0 Å². The van der Waals surface area contributed by atoms with Crippen molar-refractivity contribution in [2.24, 2.45) is 0 Å².